The maximum atomic E-state index is 9.87. The zero-order chi connectivity index (χ0) is 12.5. The summed E-state index contributed by atoms with van der Waals surface area (Å²) >= 11 is 0. The van der Waals surface area contributed by atoms with E-state index < -0.39 is 30.5 Å². The molecule has 0 aromatic rings. The molecule has 0 saturated carbocycles. The van der Waals surface area contributed by atoms with Crippen LogP contribution in [0.15, 0.2) is 0 Å². The van der Waals surface area contributed by atoms with Crippen molar-refractivity contribution in [3.8, 4) is 0 Å². The third-order valence-electron chi connectivity index (χ3n) is 3.57. The zero-order valence-corrected chi connectivity index (χ0v) is 10.00. The summed E-state index contributed by atoms with van der Waals surface area (Å²) in [4.78, 5) is 0. The van der Waals surface area contributed by atoms with Crippen molar-refractivity contribution in [1.82, 2.24) is 0 Å². The highest BCUT2D eigenvalue weighted by atomic mass is 16.5. The van der Waals surface area contributed by atoms with Crippen molar-refractivity contribution in [3.63, 3.8) is 0 Å². The van der Waals surface area contributed by atoms with Gasteiger partial charge in [-0.15, -0.1) is 0 Å². The molecule has 1 fully saturated rings. The van der Waals surface area contributed by atoms with E-state index in [2.05, 4.69) is 0 Å². The largest absolute Gasteiger partial charge is 0.394 e. The molecule has 1 rings (SSSR count). The zero-order valence-electron chi connectivity index (χ0n) is 10.00. The maximum Gasteiger partial charge on any atom is 0.111 e. The van der Waals surface area contributed by atoms with Crippen LogP contribution in [-0.4, -0.2) is 57.6 Å². The molecule has 0 amide bonds. The standard InChI is InChI=1S/C11H22O5/c1-4-11(2,3)10-9(15)8(14)7(13)6(5-12)16-10/h6-10,12-15H,4-5H2,1-3H3/t6?,7-,8?,9?,10+/m1/s1. The fraction of sp³-hybridized carbons (Fsp3) is 1.00. The van der Waals surface area contributed by atoms with Crippen LogP contribution in [0.25, 0.3) is 0 Å². The summed E-state index contributed by atoms with van der Waals surface area (Å²) in [5, 5.41) is 38.2. The molecule has 16 heavy (non-hydrogen) atoms. The molecule has 0 radical (unpaired) electrons. The summed E-state index contributed by atoms with van der Waals surface area (Å²) in [6.45, 7) is 5.42. The predicted molar refractivity (Wildman–Crippen MR) is 57.8 cm³/mol. The van der Waals surface area contributed by atoms with Crippen molar-refractivity contribution in [1.29, 1.82) is 0 Å². The highest BCUT2D eigenvalue weighted by Gasteiger charge is 2.48. The molecule has 3 unspecified atom stereocenters. The van der Waals surface area contributed by atoms with Crippen LogP contribution in [0, 0.1) is 5.41 Å². The SMILES string of the molecule is CCC(C)(C)[C@H]1OC(CO)[C@@H](O)C(O)C1O. The van der Waals surface area contributed by atoms with E-state index in [-0.39, 0.29) is 12.0 Å². The van der Waals surface area contributed by atoms with E-state index in [1.807, 2.05) is 20.8 Å². The van der Waals surface area contributed by atoms with Gasteiger partial charge in [0, 0.05) is 0 Å². The second kappa shape index (κ2) is 4.98. The Balaban J connectivity index is 2.87. The molecule has 0 spiro atoms. The van der Waals surface area contributed by atoms with Gasteiger partial charge in [-0.2, -0.15) is 0 Å². The first-order chi connectivity index (χ1) is 7.35. The Morgan fingerprint density at radius 3 is 2.06 bits per heavy atom. The highest BCUT2D eigenvalue weighted by molar-refractivity contribution is 4.97. The summed E-state index contributed by atoms with van der Waals surface area (Å²) in [5.74, 6) is 0. The third-order valence-corrected chi connectivity index (χ3v) is 3.57. The number of rotatable bonds is 3. The van der Waals surface area contributed by atoms with E-state index in [9.17, 15) is 15.3 Å². The lowest BCUT2D eigenvalue weighted by Crippen LogP contribution is -2.61. The molecule has 5 nitrogen and oxygen atoms in total. The minimum absolute atomic E-state index is 0.325. The lowest BCUT2D eigenvalue weighted by atomic mass is 9.77. The molecular formula is C11H22O5. The van der Waals surface area contributed by atoms with Gasteiger partial charge < -0.3 is 25.2 Å². The average Bonchev–Trinajstić information content (AvgIpc) is 2.26. The second-order valence-electron chi connectivity index (χ2n) is 5.09. The fourth-order valence-corrected chi connectivity index (χ4v) is 1.95. The third kappa shape index (κ3) is 2.38. The normalized spacial score (nSPS) is 41.1. The van der Waals surface area contributed by atoms with Crippen LogP contribution >= 0.6 is 0 Å². The monoisotopic (exact) mass is 234 g/mol. The molecule has 96 valence electrons. The first-order valence-corrected chi connectivity index (χ1v) is 5.65. The molecule has 0 aliphatic carbocycles. The summed E-state index contributed by atoms with van der Waals surface area (Å²) in [5.41, 5.74) is -0.325. The van der Waals surface area contributed by atoms with E-state index in [0.29, 0.717) is 0 Å². The minimum atomic E-state index is -1.28. The summed E-state index contributed by atoms with van der Waals surface area (Å²) < 4.78 is 5.48. The predicted octanol–water partition coefficient (Wildman–Crippen LogP) is -0.735. The number of hydrogen-bond acceptors (Lipinski definition) is 5. The smallest absolute Gasteiger partial charge is 0.111 e. The van der Waals surface area contributed by atoms with Gasteiger partial charge in [-0.1, -0.05) is 20.8 Å². The van der Waals surface area contributed by atoms with Crippen LogP contribution in [0.2, 0.25) is 0 Å². The molecular weight excluding hydrogens is 212 g/mol. The molecule has 5 heteroatoms. The first kappa shape index (κ1) is 13.9. The molecule has 0 aromatic carbocycles. The highest BCUT2D eigenvalue weighted by Crippen LogP contribution is 2.35. The second-order valence-corrected chi connectivity index (χ2v) is 5.09. The van der Waals surface area contributed by atoms with E-state index in [4.69, 9.17) is 9.84 Å². The minimum Gasteiger partial charge on any atom is -0.394 e. The summed E-state index contributed by atoms with van der Waals surface area (Å²) in [7, 11) is 0. The van der Waals surface area contributed by atoms with Gasteiger partial charge in [0.15, 0.2) is 0 Å². The van der Waals surface area contributed by atoms with Gasteiger partial charge in [0.05, 0.1) is 12.7 Å². The van der Waals surface area contributed by atoms with Crippen molar-refractivity contribution >= 4 is 0 Å². The summed E-state index contributed by atoms with van der Waals surface area (Å²) in [6.07, 6.45) is -4.32. The molecule has 4 N–H and O–H groups in total. The fourth-order valence-electron chi connectivity index (χ4n) is 1.95. The molecule has 1 aliphatic heterocycles. The Kier molecular flexibility index (Phi) is 4.31. The van der Waals surface area contributed by atoms with Crippen molar-refractivity contribution in [2.45, 2.75) is 57.7 Å². The Labute approximate surface area is 95.7 Å². The van der Waals surface area contributed by atoms with E-state index >= 15 is 0 Å². The van der Waals surface area contributed by atoms with Gasteiger partial charge in [0.1, 0.15) is 24.4 Å². The van der Waals surface area contributed by atoms with Crippen LogP contribution in [0.1, 0.15) is 27.2 Å². The van der Waals surface area contributed by atoms with Crippen molar-refractivity contribution in [2.24, 2.45) is 5.41 Å². The number of aliphatic hydroxyl groups is 4. The van der Waals surface area contributed by atoms with Gasteiger partial charge in [-0.25, -0.2) is 0 Å². The van der Waals surface area contributed by atoms with Crippen LogP contribution in [0.5, 0.6) is 0 Å². The van der Waals surface area contributed by atoms with Crippen molar-refractivity contribution in [3.05, 3.63) is 0 Å². The van der Waals surface area contributed by atoms with E-state index in [0.717, 1.165) is 6.42 Å². The Bertz CT molecular complexity index is 228. The average molecular weight is 234 g/mol. The maximum absolute atomic E-state index is 9.87. The van der Waals surface area contributed by atoms with Crippen molar-refractivity contribution < 1.29 is 25.2 Å². The number of aliphatic hydroxyl groups excluding tert-OH is 4. The molecule has 5 atom stereocenters. The summed E-state index contributed by atoms with van der Waals surface area (Å²) in [6, 6.07) is 0. The molecule has 1 heterocycles. The Morgan fingerprint density at radius 2 is 1.62 bits per heavy atom. The van der Waals surface area contributed by atoms with Crippen LogP contribution in [0.3, 0.4) is 0 Å². The van der Waals surface area contributed by atoms with E-state index in [1.54, 1.807) is 0 Å². The molecule has 1 aliphatic rings. The van der Waals surface area contributed by atoms with Gasteiger partial charge in [-0.05, 0) is 11.8 Å². The van der Waals surface area contributed by atoms with Crippen LogP contribution in [0.4, 0.5) is 0 Å². The van der Waals surface area contributed by atoms with Crippen LogP contribution in [-0.2, 0) is 4.74 Å². The van der Waals surface area contributed by atoms with Gasteiger partial charge in [0.25, 0.3) is 0 Å². The number of hydrogen-bond donors (Lipinski definition) is 4. The Hall–Kier alpha value is -0.200. The Morgan fingerprint density at radius 1 is 1.06 bits per heavy atom. The topological polar surface area (TPSA) is 90.2 Å². The van der Waals surface area contributed by atoms with Crippen molar-refractivity contribution in [2.75, 3.05) is 6.61 Å². The quantitative estimate of drug-likeness (QED) is 0.516. The van der Waals surface area contributed by atoms with Gasteiger partial charge in [0.2, 0.25) is 0 Å². The molecule has 0 bridgehead atoms. The number of ether oxygens (including phenoxy) is 1. The molecule has 0 aromatic heterocycles. The van der Waals surface area contributed by atoms with E-state index in [1.165, 1.54) is 0 Å². The lowest BCUT2D eigenvalue weighted by Gasteiger charge is -2.46. The van der Waals surface area contributed by atoms with Gasteiger partial charge >= 0.3 is 0 Å². The van der Waals surface area contributed by atoms with Crippen LogP contribution < -0.4 is 0 Å². The lowest BCUT2D eigenvalue weighted by molar-refractivity contribution is -0.252. The molecule has 1 saturated heterocycles. The van der Waals surface area contributed by atoms with Gasteiger partial charge in [-0.3, -0.25) is 0 Å². The first-order valence-electron chi connectivity index (χ1n) is 5.65.